The second-order valence-electron chi connectivity index (χ2n) is 6.20. The van der Waals surface area contributed by atoms with Crippen LogP contribution in [0.15, 0.2) is 6.33 Å². The lowest BCUT2D eigenvalue weighted by Crippen LogP contribution is -2.47. The van der Waals surface area contributed by atoms with E-state index in [1.807, 2.05) is 11.8 Å². The number of carbonyl (C=O) groups is 1. The Labute approximate surface area is 147 Å². The van der Waals surface area contributed by atoms with Gasteiger partial charge in [-0.15, -0.1) is 11.3 Å². The number of anilines is 1. The monoisotopic (exact) mass is 347 g/mol. The molecule has 0 bridgehead atoms. The highest BCUT2D eigenvalue weighted by molar-refractivity contribution is 7.20. The van der Waals surface area contributed by atoms with E-state index in [2.05, 4.69) is 40.7 Å². The van der Waals surface area contributed by atoms with Gasteiger partial charge in [0.1, 0.15) is 17.0 Å². The first-order chi connectivity index (χ1) is 11.6. The lowest BCUT2D eigenvalue weighted by atomic mass is 10.1. The molecule has 1 saturated heterocycles. The number of hydrogen-bond acceptors (Lipinski definition) is 6. The van der Waals surface area contributed by atoms with Gasteiger partial charge in [-0.25, -0.2) is 9.97 Å². The topological polar surface area (TPSA) is 52.6 Å². The quantitative estimate of drug-likeness (QED) is 0.849. The molecule has 6 nitrogen and oxygen atoms in total. The Bertz CT molecular complexity index is 732. The summed E-state index contributed by atoms with van der Waals surface area (Å²) in [6.07, 6.45) is 1.61. The smallest absolute Gasteiger partial charge is 0.264 e. The fourth-order valence-electron chi connectivity index (χ4n) is 3.17. The first kappa shape index (κ1) is 17.1. The molecule has 130 valence electrons. The molecule has 1 amide bonds. The molecule has 2 aromatic rings. The lowest BCUT2D eigenvalue weighted by Gasteiger charge is -2.32. The van der Waals surface area contributed by atoms with Crippen molar-refractivity contribution in [2.45, 2.75) is 20.8 Å². The van der Waals surface area contributed by atoms with Crippen LogP contribution in [0.4, 0.5) is 5.82 Å². The summed E-state index contributed by atoms with van der Waals surface area (Å²) in [6, 6.07) is 0. The molecule has 0 aliphatic carbocycles. The summed E-state index contributed by atoms with van der Waals surface area (Å²) in [5.74, 6) is 1.07. The van der Waals surface area contributed by atoms with E-state index >= 15 is 0 Å². The SMILES string of the molecule is CCN(CC)c1ncnc2sc(C(=O)N3CCN(C)CC3)c(C)c12. The minimum Gasteiger partial charge on any atom is -0.357 e. The molecule has 1 aliphatic rings. The molecule has 0 N–H and O–H groups in total. The fourth-order valence-corrected chi connectivity index (χ4v) is 4.28. The summed E-state index contributed by atoms with van der Waals surface area (Å²) in [4.78, 5) is 30.0. The number of rotatable bonds is 4. The Kier molecular flexibility index (Phi) is 5.01. The van der Waals surface area contributed by atoms with Crippen LogP contribution in [0.2, 0.25) is 0 Å². The van der Waals surface area contributed by atoms with Crippen molar-refractivity contribution in [3.63, 3.8) is 0 Å². The third-order valence-electron chi connectivity index (χ3n) is 4.75. The third kappa shape index (κ3) is 2.98. The average molecular weight is 347 g/mol. The van der Waals surface area contributed by atoms with E-state index in [9.17, 15) is 4.79 Å². The Morgan fingerprint density at radius 2 is 1.88 bits per heavy atom. The van der Waals surface area contributed by atoms with E-state index in [4.69, 9.17) is 0 Å². The van der Waals surface area contributed by atoms with E-state index in [-0.39, 0.29) is 5.91 Å². The van der Waals surface area contributed by atoms with Crippen molar-refractivity contribution in [2.75, 3.05) is 51.2 Å². The Morgan fingerprint density at radius 3 is 2.50 bits per heavy atom. The number of likely N-dealkylation sites (N-methyl/N-ethyl adjacent to an activating group) is 1. The van der Waals surface area contributed by atoms with Gasteiger partial charge in [-0.2, -0.15) is 0 Å². The molecule has 0 atom stereocenters. The molecule has 1 fully saturated rings. The first-order valence-corrected chi connectivity index (χ1v) is 9.35. The summed E-state index contributed by atoms with van der Waals surface area (Å²) in [6.45, 7) is 11.5. The van der Waals surface area contributed by atoms with Gasteiger partial charge in [0.05, 0.1) is 10.3 Å². The molecular formula is C17H25N5OS. The highest BCUT2D eigenvalue weighted by Crippen LogP contribution is 2.35. The zero-order valence-corrected chi connectivity index (χ0v) is 15.7. The van der Waals surface area contributed by atoms with Crippen LogP contribution in [0.5, 0.6) is 0 Å². The number of fused-ring (bicyclic) bond motifs is 1. The Hall–Kier alpha value is -1.73. The minimum absolute atomic E-state index is 0.133. The zero-order valence-electron chi connectivity index (χ0n) is 14.9. The van der Waals surface area contributed by atoms with Crippen LogP contribution >= 0.6 is 11.3 Å². The van der Waals surface area contributed by atoms with Crippen molar-refractivity contribution in [1.29, 1.82) is 0 Å². The maximum atomic E-state index is 13.0. The molecular weight excluding hydrogens is 322 g/mol. The van der Waals surface area contributed by atoms with Crippen molar-refractivity contribution in [2.24, 2.45) is 0 Å². The maximum Gasteiger partial charge on any atom is 0.264 e. The lowest BCUT2D eigenvalue weighted by molar-refractivity contribution is 0.0668. The number of thiophene rings is 1. The number of aromatic nitrogens is 2. The van der Waals surface area contributed by atoms with Gasteiger partial charge < -0.3 is 14.7 Å². The average Bonchev–Trinajstić information content (AvgIpc) is 2.94. The van der Waals surface area contributed by atoms with Crippen molar-refractivity contribution in [1.82, 2.24) is 19.8 Å². The molecule has 0 radical (unpaired) electrons. The van der Waals surface area contributed by atoms with Gasteiger partial charge in [0, 0.05) is 39.3 Å². The largest absolute Gasteiger partial charge is 0.357 e. The highest BCUT2D eigenvalue weighted by Gasteiger charge is 2.26. The predicted octanol–water partition coefficient (Wildman–Crippen LogP) is 2.23. The maximum absolute atomic E-state index is 13.0. The van der Waals surface area contributed by atoms with Crippen LogP contribution in [0.1, 0.15) is 29.1 Å². The van der Waals surface area contributed by atoms with E-state index < -0.39 is 0 Å². The summed E-state index contributed by atoms with van der Waals surface area (Å²) in [7, 11) is 2.10. The number of aryl methyl sites for hydroxylation is 1. The van der Waals surface area contributed by atoms with E-state index in [1.54, 1.807) is 6.33 Å². The van der Waals surface area contributed by atoms with Crippen molar-refractivity contribution < 1.29 is 4.79 Å². The fraction of sp³-hybridized carbons (Fsp3) is 0.588. The van der Waals surface area contributed by atoms with Gasteiger partial charge in [0.25, 0.3) is 5.91 Å². The number of amides is 1. The van der Waals surface area contributed by atoms with Gasteiger partial charge >= 0.3 is 0 Å². The van der Waals surface area contributed by atoms with Crippen LogP contribution < -0.4 is 4.90 Å². The molecule has 1 aliphatic heterocycles. The Morgan fingerprint density at radius 1 is 1.21 bits per heavy atom. The van der Waals surface area contributed by atoms with E-state index in [0.717, 1.165) is 65.7 Å². The molecule has 24 heavy (non-hydrogen) atoms. The summed E-state index contributed by atoms with van der Waals surface area (Å²) < 4.78 is 0. The van der Waals surface area contributed by atoms with Crippen LogP contribution in [-0.2, 0) is 0 Å². The van der Waals surface area contributed by atoms with Crippen LogP contribution in [0.25, 0.3) is 10.2 Å². The molecule has 3 rings (SSSR count). The first-order valence-electron chi connectivity index (χ1n) is 8.53. The van der Waals surface area contributed by atoms with Crippen molar-refractivity contribution in [3.05, 3.63) is 16.8 Å². The van der Waals surface area contributed by atoms with Crippen LogP contribution in [0.3, 0.4) is 0 Å². The standard InChI is InChI=1S/C17H25N5OS/c1-5-21(6-2)15-13-12(3)14(24-16(13)19-11-18-15)17(23)22-9-7-20(4)8-10-22/h11H,5-10H2,1-4H3. The molecule has 0 unspecified atom stereocenters. The highest BCUT2D eigenvalue weighted by atomic mass is 32.1. The van der Waals surface area contributed by atoms with Gasteiger partial charge in [0.15, 0.2) is 0 Å². The van der Waals surface area contributed by atoms with E-state index in [1.165, 1.54) is 11.3 Å². The molecule has 3 heterocycles. The normalized spacial score (nSPS) is 15.9. The summed E-state index contributed by atoms with van der Waals surface area (Å²) in [5.41, 5.74) is 1.02. The van der Waals surface area contributed by atoms with Gasteiger partial charge in [-0.3, -0.25) is 4.79 Å². The number of nitrogens with zero attached hydrogens (tertiary/aromatic N) is 5. The number of piperazine rings is 1. The molecule has 0 aromatic carbocycles. The minimum atomic E-state index is 0.133. The second-order valence-corrected chi connectivity index (χ2v) is 7.20. The van der Waals surface area contributed by atoms with Crippen LogP contribution in [-0.4, -0.2) is 72.0 Å². The molecule has 0 saturated carbocycles. The van der Waals surface area contributed by atoms with E-state index in [0.29, 0.717) is 0 Å². The third-order valence-corrected chi connectivity index (χ3v) is 5.94. The van der Waals surface area contributed by atoms with Gasteiger partial charge in [-0.1, -0.05) is 0 Å². The second kappa shape index (κ2) is 7.03. The van der Waals surface area contributed by atoms with Gasteiger partial charge in [-0.05, 0) is 33.4 Å². The van der Waals surface area contributed by atoms with Crippen LogP contribution in [0, 0.1) is 6.92 Å². The zero-order chi connectivity index (χ0) is 17.3. The van der Waals surface area contributed by atoms with Crippen molar-refractivity contribution in [3.8, 4) is 0 Å². The Balaban J connectivity index is 1.99. The van der Waals surface area contributed by atoms with Crippen molar-refractivity contribution >= 4 is 33.3 Å². The van der Waals surface area contributed by atoms with Gasteiger partial charge in [0.2, 0.25) is 0 Å². The molecule has 0 spiro atoms. The molecule has 7 heteroatoms. The predicted molar refractivity (Wildman–Crippen MR) is 99.1 cm³/mol. The number of hydrogen-bond donors (Lipinski definition) is 0. The number of carbonyl (C=O) groups excluding carboxylic acids is 1. The summed E-state index contributed by atoms with van der Waals surface area (Å²) in [5, 5.41) is 1.03. The molecule has 2 aromatic heterocycles. The summed E-state index contributed by atoms with van der Waals surface area (Å²) >= 11 is 1.50.